The SMILES string of the molecule is COc1nc(NC2CC(C)(N3CCCC3=O)C2)nc2[nH]cc(-c3ccc4nccnc4c3)c12. The lowest BCUT2D eigenvalue weighted by atomic mass is 9.73. The number of fused-ring (bicyclic) bond motifs is 2. The zero-order valence-corrected chi connectivity index (χ0v) is 18.6. The molecule has 2 fully saturated rings. The largest absolute Gasteiger partial charge is 0.480 e. The number of hydrogen-bond donors (Lipinski definition) is 2. The number of hydrogen-bond acceptors (Lipinski definition) is 7. The van der Waals surface area contributed by atoms with Crippen molar-refractivity contribution in [1.82, 2.24) is 29.8 Å². The molecule has 0 atom stereocenters. The normalized spacial score (nSPS) is 22.7. The Kier molecular flexibility index (Phi) is 4.46. The molecule has 3 aromatic heterocycles. The van der Waals surface area contributed by atoms with Gasteiger partial charge in [0.25, 0.3) is 0 Å². The number of H-pyrrole nitrogens is 1. The molecule has 2 aliphatic rings. The zero-order chi connectivity index (χ0) is 22.6. The van der Waals surface area contributed by atoms with Crippen LogP contribution in [0, 0.1) is 0 Å². The first-order valence-electron chi connectivity index (χ1n) is 11.3. The van der Waals surface area contributed by atoms with Crippen LogP contribution in [0.5, 0.6) is 5.88 Å². The Morgan fingerprint density at radius 3 is 2.76 bits per heavy atom. The fourth-order valence-electron chi connectivity index (χ4n) is 5.30. The number of methoxy groups -OCH3 is 1. The van der Waals surface area contributed by atoms with Gasteiger partial charge in [-0.25, -0.2) is 0 Å². The van der Waals surface area contributed by atoms with Crippen molar-refractivity contribution in [3.63, 3.8) is 0 Å². The third-order valence-corrected chi connectivity index (χ3v) is 6.90. The Bertz CT molecular complexity index is 1380. The van der Waals surface area contributed by atoms with Gasteiger partial charge in [-0.15, -0.1) is 0 Å². The van der Waals surface area contributed by atoms with Crippen molar-refractivity contribution >= 4 is 33.9 Å². The summed E-state index contributed by atoms with van der Waals surface area (Å²) >= 11 is 0. The molecule has 1 amide bonds. The van der Waals surface area contributed by atoms with Gasteiger partial charge in [0.15, 0.2) is 0 Å². The number of rotatable bonds is 5. The number of benzene rings is 1. The smallest absolute Gasteiger partial charge is 0.228 e. The number of aromatic amines is 1. The maximum absolute atomic E-state index is 12.2. The Balaban J connectivity index is 1.27. The molecule has 1 aliphatic heterocycles. The van der Waals surface area contributed by atoms with Gasteiger partial charge < -0.3 is 19.9 Å². The van der Waals surface area contributed by atoms with Crippen LogP contribution in [0.1, 0.15) is 32.6 Å². The first-order valence-corrected chi connectivity index (χ1v) is 11.3. The van der Waals surface area contributed by atoms with Crippen molar-refractivity contribution in [3.8, 4) is 17.0 Å². The summed E-state index contributed by atoms with van der Waals surface area (Å²) in [7, 11) is 1.62. The molecule has 0 spiro atoms. The highest BCUT2D eigenvalue weighted by atomic mass is 16.5. The molecule has 4 aromatic rings. The zero-order valence-electron chi connectivity index (χ0n) is 18.6. The second kappa shape index (κ2) is 7.40. The van der Waals surface area contributed by atoms with E-state index in [1.54, 1.807) is 19.5 Å². The van der Waals surface area contributed by atoms with E-state index in [2.05, 4.69) is 32.2 Å². The molecule has 1 saturated carbocycles. The predicted molar refractivity (Wildman–Crippen MR) is 125 cm³/mol. The Morgan fingerprint density at radius 2 is 2.00 bits per heavy atom. The molecule has 168 valence electrons. The van der Waals surface area contributed by atoms with E-state index in [1.807, 2.05) is 29.3 Å². The number of carbonyl (C=O) groups excluding carboxylic acids is 1. The van der Waals surface area contributed by atoms with Crippen LogP contribution in [0.2, 0.25) is 0 Å². The molecule has 9 heteroatoms. The molecule has 9 nitrogen and oxygen atoms in total. The van der Waals surface area contributed by atoms with Gasteiger partial charge in [0.2, 0.25) is 17.7 Å². The topological polar surface area (TPSA) is 109 Å². The van der Waals surface area contributed by atoms with Crippen LogP contribution >= 0.6 is 0 Å². The number of nitrogens with zero attached hydrogens (tertiary/aromatic N) is 5. The third-order valence-electron chi connectivity index (χ3n) is 6.90. The standard InChI is InChI=1S/C24H25N7O2/c1-24(31-9-3-4-19(31)32)11-15(12-24)28-23-29-21-20(22(30-23)33-2)16(13-27-21)14-5-6-17-18(10-14)26-8-7-25-17/h5-8,10,13,15H,3-4,9,11-12H2,1-2H3,(H2,27,28,29,30). The second-order valence-electron chi connectivity index (χ2n) is 9.14. The summed E-state index contributed by atoms with van der Waals surface area (Å²) in [5.41, 5.74) is 4.24. The minimum absolute atomic E-state index is 0.0714. The highest BCUT2D eigenvalue weighted by Gasteiger charge is 2.48. The van der Waals surface area contributed by atoms with Gasteiger partial charge >= 0.3 is 0 Å². The molecule has 6 rings (SSSR count). The molecule has 1 saturated heterocycles. The van der Waals surface area contributed by atoms with Crippen molar-refractivity contribution in [2.45, 2.75) is 44.2 Å². The van der Waals surface area contributed by atoms with Crippen LogP contribution in [-0.2, 0) is 4.79 Å². The van der Waals surface area contributed by atoms with Crippen molar-refractivity contribution in [1.29, 1.82) is 0 Å². The van der Waals surface area contributed by atoms with Gasteiger partial charge in [-0.1, -0.05) is 6.07 Å². The highest BCUT2D eigenvalue weighted by Crippen LogP contribution is 2.41. The molecule has 1 aliphatic carbocycles. The minimum atomic E-state index is -0.0714. The van der Waals surface area contributed by atoms with E-state index in [1.165, 1.54) is 0 Å². The maximum Gasteiger partial charge on any atom is 0.228 e. The first kappa shape index (κ1) is 19.9. The fraction of sp³-hybridized carbons (Fsp3) is 0.375. The molecule has 1 aromatic carbocycles. The van der Waals surface area contributed by atoms with Crippen molar-refractivity contribution in [3.05, 3.63) is 36.8 Å². The molecule has 0 bridgehead atoms. The number of nitrogens with one attached hydrogen (secondary N) is 2. The lowest BCUT2D eigenvalue weighted by Gasteiger charge is -2.51. The second-order valence-corrected chi connectivity index (χ2v) is 9.14. The third kappa shape index (κ3) is 3.26. The van der Waals surface area contributed by atoms with E-state index >= 15 is 0 Å². The Labute approximate surface area is 190 Å². The molecule has 2 N–H and O–H groups in total. The number of amides is 1. The van der Waals surface area contributed by atoms with Crippen molar-refractivity contribution in [2.75, 3.05) is 19.0 Å². The van der Waals surface area contributed by atoms with Gasteiger partial charge in [-0.05, 0) is 43.9 Å². The van der Waals surface area contributed by atoms with Gasteiger partial charge in [0.05, 0.1) is 23.5 Å². The van der Waals surface area contributed by atoms with Crippen LogP contribution in [0.3, 0.4) is 0 Å². The Morgan fingerprint density at radius 1 is 1.18 bits per heavy atom. The lowest BCUT2D eigenvalue weighted by molar-refractivity contribution is -0.136. The summed E-state index contributed by atoms with van der Waals surface area (Å²) in [6.07, 6.45) is 8.70. The van der Waals surface area contributed by atoms with E-state index in [0.29, 0.717) is 23.9 Å². The highest BCUT2D eigenvalue weighted by molar-refractivity contribution is 5.99. The molecule has 4 heterocycles. The summed E-state index contributed by atoms with van der Waals surface area (Å²) in [5.74, 6) is 1.31. The van der Waals surface area contributed by atoms with E-state index in [4.69, 9.17) is 9.72 Å². The van der Waals surface area contributed by atoms with E-state index in [-0.39, 0.29) is 17.5 Å². The summed E-state index contributed by atoms with van der Waals surface area (Å²) in [6.45, 7) is 3.04. The number of anilines is 1. The quantitative estimate of drug-likeness (QED) is 0.486. The van der Waals surface area contributed by atoms with Gasteiger partial charge in [-0.3, -0.25) is 14.8 Å². The molecule has 33 heavy (non-hydrogen) atoms. The maximum atomic E-state index is 12.2. The predicted octanol–water partition coefficient (Wildman–Crippen LogP) is 3.53. The van der Waals surface area contributed by atoms with Crippen LogP contribution in [0.4, 0.5) is 5.95 Å². The van der Waals surface area contributed by atoms with Gasteiger partial charge in [0, 0.05) is 48.7 Å². The van der Waals surface area contributed by atoms with Crippen LogP contribution in [-0.4, -0.2) is 61.0 Å². The molecule has 0 unspecified atom stereocenters. The summed E-state index contributed by atoms with van der Waals surface area (Å²) in [6, 6.07) is 6.20. The van der Waals surface area contributed by atoms with Gasteiger partial charge in [0.1, 0.15) is 5.65 Å². The van der Waals surface area contributed by atoms with E-state index < -0.39 is 0 Å². The number of likely N-dealkylation sites (tertiary alicyclic amines) is 1. The van der Waals surface area contributed by atoms with Crippen LogP contribution in [0.25, 0.3) is 33.2 Å². The van der Waals surface area contributed by atoms with E-state index in [9.17, 15) is 4.79 Å². The number of ether oxygens (including phenoxy) is 1. The van der Waals surface area contributed by atoms with Crippen LogP contribution in [0.15, 0.2) is 36.8 Å². The van der Waals surface area contributed by atoms with E-state index in [0.717, 1.165) is 53.4 Å². The average molecular weight is 444 g/mol. The molecular weight excluding hydrogens is 418 g/mol. The Hall–Kier alpha value is -3.75. The summed E-state index contributed by atoms with van der Waals surface area (Å²) < 4.78 is 5.65. The number of aromatic nitrogens is 5. The average Bonchev–Trinajstić information content (AvgIpc) is 3.43. The van der Waals surface area contributed by atoms with Gasteiger partial charge in [-0.2, -0.15) is 9.97 Å². The van der Waals surface area contributed by atoms with Crippen molar-refractivity contribution in [2.24, 2.45) is 0 Å². The molecular formula is C24H25N7O2. The minimum Gasteiger partial charge on any atom is -0.480 e. The molecule has 0 radical (unpaired) electrons. The number of carbonyl (C=O) groups is 1. The fourth-order valence-corrected chi connectivity index (χ4v) is 5.30. The lowest BCUT2D eigenvalue weighted by Crippen LogP contribution is -2.59. The van der Waals surface area contributed by atoms with Crippen LogP contribution < -0.4 is 10.1 Å². The monoisotopic (exact) mass is 443 g/mol. The van der Waals surface area contributed by atoms with Crippen molar-refractivity contribution < 1.29 is 9.53 Å². The summed E-state index contributed by atoms with van der Waals surface area (Å²) in [4.78, 5) is 35.6. The summed E-state index contributed by atoms with van der Waals surface area (Å²) in [5, 5.41) is 4.26. The first-order chi connectivity index (χ1) is 16.0.